The molecular formula is C20H21N7O3S2. The van der Waals surface area contributed by atoms with E-state index in [1.165, 1.54) is 15.6 Å². The van der Waals surface area contributed by atoms with Crippen LogP contribution in [0.1, 0.15) is 6.42 Å². The van der Waals surface area contributed by atoms with Crippen LogP contribution in [0.25, 0.3) is 27.6 Å². The summed E-state index contributed by atoms with van der Waals surface area (Å²) in [6, 6.07) is 8.76. The molecule has 166 valence electrons. The van der Waals surface area contributed by atoms with Crippen molar-refractivity contribution in [1.29, 1.82) is 0 Å². The molecule has 3 N–H and O–H groups in total. The predicted molar refractivity (Wildman–Crippen MR) is 123 cm³/mol. The quantitative estimate of drug-likeness (QED) is 0.394. The first-order valence-corrected chi connectivity index (χ1v) is 12.4. The minimum absolute atomic E-state index is 0.164. The van der Waals surface area contributed by atoms with E-state index < -0.39 is 10.2 Å². The number of imidazole rings is 1. The normalized spacial score (nSPS) is 16.4. The highest BCUT2D eigenvalue weighted by molar-refractivity contribution is 7.87. The average Bonchev–Trinajstić information content (AvgIpc) is 3.36. The second-order valence-corrected chi connectivity index (χ2v) is 9.89. The number of benzene rings is 1. The predicted octanol–water partition coefficient (Wildman–Crippen LogP) is 2.18. The van der Waals surface area contributed by atoms with Gasteiger partial charge >= 0.3 is 0 Å². The molecule has 0 unspecified atom stereocenters. The van der Waals surface area contributed by atoms with Crippen LogP contribution in [0, 0.1) is 0 Å². The van der Waals surface area contributed by atoms with E-state index in [2.05, 4.69) is 20.0 Å². The molecule has 12 heteroatoms. The number of aromatic nitrogens is 4. The summed E-state index contributed by atoms with van der Waals surface area (Å²) in [4.78, 5) is 14.5. The lowest BCUT2D eigenvalue weighted by Gasteiger charge is -2.26. The first-order chi connectivity index (χ1) is 15.5. The molecule has 1 aromatic carbocycles. The molecule has 10 nitrogen and oxygen atoms in total. The molecule has 1 saturated heterocycles. The summed E-state index contributed by atoms with van der Waals surface area (Å²) in [6.45, 7) is 1.67. The molecule has 3 aromatic heterocycles. The second kappa shape index (κ2) is 8.47. The van der Waals surface area contributed by atoms with Crippen molar-refractivity contribution in [3.63, 3.8) is 0 Å². The number of thiazole rings is 1. The lowest BCUT2D eigenvalue weighted by molar-refractivity contribution is 0.383. The Hall–Kier alpha value is -3.06. The molecule has 1 aliphatic heterocycles. The molecule has 0 aliphatic carbocycles. The molecule has 0 radical (unpaired) electrons. The number of rotatable bonds is 6. The van der Waals surface area contributed by atoms with Crippen molar-refractivity contribution in [2.75, 3.05) is 31.5 Å². The van der Waals surface area contributed by atoms with Crippen LogP contribution in [-0.2, 0) is 10.2 Å². The lowest BCUT2D eigenvalue weighted by Crippen LogP contribution is -2.48. The molecule has 0 bridgehead atoms. The molecule has 1 fully saturated rings. The fourth-order valence-corrected chi connectivity index (χ4v) is 5.65. The van der Waals surface area contributed by atoms with Crippen LogP contribution in [0.5, 0.6) is 5.75 Å². The van der Waals surface area contributed by atoms with Gasteiger partial charge in [0.25, 0.3) is 10.2 Å². The first-order valence-electron chi connectivity index (χ1n) is 10.1. The van der Waals surface area contributed by atoms with E-state index in [1.54, 1.807) is 30.5 Å². The van der Waals surface area contributed by atoms with E-state index in [4.69, 9.17) is 4.98 Å². The number of fused-ring (bicyclic) bond motifs is 1. The fraction of sp³-hybridized carbons (Fsp3) is 0.250. The summed E-state index contributed by atoms with van der Waals surface area (Å²) in [5.74, 6) is 0.564. The van der Waals surface area contributed by atoms with Crippen LogP contribution >= 0.6 is 11.3 Å². The van der Waals surface area contributed by atoms with E-state index in [-0.39, 0.29) is 5.75 Å². The van der Waals surface area contributed by atoms with Crippen LogP contribution < -0.4 is 10.0 Å². The van der Waals surface area contributed by atoms with E-state index in [1.807, 2.05) is 22.0 Å². The Bertz CT molecular complexity index is 1370. The van der Waals surface area contributed by atoms with Crippen LogP contribution in [0.15, 0.2) is 48.1 Å². The van der Waals surface area contributed by atoms with Gasteiger partial charge in [0, 0.05) is 49.5 Å². The van der Waals surface area contributed by atoms with Crippen molar-refractivity contribution in [3.05, 3.63) is 48.1 Å². The highest BCUT2D eigenvalue weighted by Gasteiger charge is 2.24. The van der Waals surface area contributed by atoms with Crippen molar-refractivity contribution in [2.24, 2.45) is 0 Å². The zero-order chi connectivity index (χ0) is 22.1. The zero-order valence-corrected chi connectivity index (χ0v) is 18.6. The highest BCUT2D eigenvalue weighted by Crippen LogP contribution is 2.34. The SMILES string of the molecule is O=S1(=O)NCCCN1CCNc1nccc(-c2c(-c3cccc(O)c3)nc3sccn23)n1. The number of hydrogen-bond acceptors (Lipinski definition) is 8. The summed E-state index contributed by atoms with van der Waals surface area (Å²) in [6.07, 6.45) is 4.36. The Labute approximate surface area is 188 Å². The molecule has 0 amide bonds. The van der Waals surface area contributed by atoms with Crippen molar-refractivity contribution in [1.82, 2.24) is 28.4 Å². The number of hydrogen-bond donors (Lipinski definition) is 3. The third-order valence-electron chi connectivity index (χ3n) is 5.13. The van der Waals surface area contributed by atoms with Gasteiger partial charge in [-0.05, 0) is 24.6 Å². The van der Waals surface area contributed by atoms with E-state index in [9.17, 15) is 13.5 Å². The van der Waals surface area contributed by atoms with Gasteiger partial charge in [-0.2, -0.15) is 12.7 Å². The third kappa shape index (κ3) is 4.05. The number of anilines is 1. The Balaban J connectivity index is 1.42. The Morgan fingerprint density at radius 3 is 3.00 bits per heavy atom. The van der Waals surface area contributed by atoms with Crippen molar-refractivity contribution in [2.45, 2.75) is 6.42 Å². The topological polar surface area (TPSA) is 125 Å². The standard InChI is InChI=1S/C20H21N7O3S2/c28-15-4-1-3-14(13-15)17-18(27-11-12-31-20(27)25-17)16-5-7-21-19(24-16)22-8-10-26-9-2-6-23-32(26,29)30/h1,3-5,7,11-13,23,28H,2,6,8-10H2,(H,21,22,24). The minimum Gasteiger partial charge on any atom is -0.508 e. The van der Waals surface area contributed by atoms with Gasteiger partial charge in [0.05, 0.1) is 11.4 Å². The van der Waals surface area contributed by atoms with Gasteiger partial charge in [0.1, 0.15) is 11.4 Å². The summed E-state index contributed by atoms with van der Waals surface area (Å²) in [5.41, 5.74) is 2.95. The van der Waals surface area contributed by atoms with Crippen molar-refractivity contribution >= 4 is 32.5 Å². The van der Waals surface area contributed by atoms with Crippen LogP contribution in [0.3, 0.4) is 0 Å². The Morgan fingerprint density at radius 2 is 2.16 bits per heavy atom. The summed E-state index contributed by atoms with van der Waals surface area (Å²) < 4.78 is 30.0. The monoisotopic (exact) mass is 471 g/mol. The van der Waals surface area contributed by atoms with Crippen LogP contribution in [0.4, 0.5) is 5.95 Å². The van der Waals surface area contributed by atoms with Gasteiger partial charge in [0.2, 0.25) is 5.95 Å². The summed E-state index contributed by atoms with van der Waals surface area (Å²) in [5, 5.41) is 15.0. The van der Waals surface area contributed by atoms with E-state index in [0.29, 0.717) is 43.5 Å². The number of phenols is 1. The molecule has 1 aliphatic rings. The minimum atomic E-state index is -3.41. The largest absolute Gasteiger partial charge is 0.508 e. The van der Waals surface area contributed by atoms with E-state index in [0.717, 1.165) is 22.6 Å². The third-order valence-corrected chi connectivity index (χ3v) is 7.50. The second-order valence-electron chi connectivity index (χ2n) is 7.26. The number of phenolic OH excluding ortho intramolecular Hbond substituents is 1. The first kappa shape index (κ1) is 20.8. The number of nitrogens with zero attached hydrogens (tertiary/aromatic N) is 5. The molecule has 0 atom stereocenters. The molecule has 4 heterocycles. The maximum absolute atomic E-state index is 12.1. The fourth-order valence-electron chi connectivity index (χ4n) is 3.65. The van der Waals surface area contributed by atoms with Gasteiger partial charge < -0.3 is 10.4 Å². The maximum atomic E-state index is 12.1. The summed E-state index contributed by atoms with van der Waals surface area (Å²) in [7, 11) is -3.41. The van der Waals surface area contributed by atoms with Crippen molar-refractivity contribution in [3.8, 4) is 28.4 Å². The molecule has 4 aromatic rings. The molecule has 0 saturated carbocycles. The van der Waals surface area contributed by atoms with Gasteiger partial charge in [0.15, 0.2) is 4.96 Å². The van der Waals surface area contributed by atoms with Crippen molar-refractivity contribution < 1.29 is 13.5 Å². The lowest BCUT2D eigenvalue weighted by atomic mass is 10.1. The number of nitrogens with one attached hydrogen (secondary N) is 2. The smallest absolute Gasteiger partial charge is 0.279 e. The van der Waals surface area contributed by atoms with Gasteiger partial charge in [-0.1, -0.05) is 12.1 Å². The molecule has 5 rings (SSSR count). The van der Waals surface area contributed by atoms with Gasteiger partial charge in [-0.15, -0.1) is 11.3 Å². The van der Waals surface area contributed by atoms with Crippen LogP contribution in [-0.4, -0.2) is 63.4 Å². The maximum Gasteiger partial charge on any atom is 0.279 e. The summed E-state index contributed by atoms with van der Waals surface area (Å²) >= 11 is 1.51. The molecule has 32 heavy (non-hydrogen) atoms. The molecular weight excluding hydrogens is 450 g/mol. The highest BCUT2D eigenvalue weighted by atomic mass is 32.2. The molecule has 0 spiro atoms. The van der Waals surface area contributed by atoms with E-state index >= 15 is 0 Å². The number of aromatic hydroxyl groups is 1. The van der Waals surface area contributed by atoms with Gasteiger partial charge in [-0.3, -0.25) is 4.40 Å². The average molecular weight is 472 g/mol. The van der Waals surface area contributed by atoms with Gasteiger partial charge in [-0.25, -0.2) is 19.7 Å². The zero-order valence-electron chi connectivity index (χ0n) is 17.0. The Kier molecular flexibility index (Phi) is 5.51. The van der Waals surface area contributed by atoms with Crippen LogP contribution in [0.2, 0.25) is 0 Å². The Morgan fingerprint density at radius 1 is 1.25 bits per heavy atom.